The Balaban J connectivity index is 2.50. The summed E-state index contributed by atoms with van der Waals surface area (Å²) < 4.78 is 4.81. The SMILES string of the molecule is CCCCN1C(=O)/C(=C\c2cccc([N+](=O)[O-])c2)C(C(=O)OC)=C1C. The van der Waals surface area contributed by atoms with Crippen molar-refractivity contribution in [3.63, 3.8) is 0 Å². The average molecular weight is 344 g/mol. The van der Waals surface area contributed by atoms with E-state index >= 15 is 0 Å². The van der Waals surface area contributed by atoms with E-state index in [0.717, 1.165) is 12.8 Å². The van der Waals surface area contributed by atoms with Gasteiger partial charge >= 0.3 is 5.97 Å². The maximum absolute atomic E-state index is 12.8. The van der Waals surface area contributed by atoms with Gasteiger partial charge in [0, 0.05) is 24.4 Å². The number of allylic oxidation sites excluding steroid dienone is 1. The van der Waals surface area contributed by atoms with Crippen LogP contribution in [-0.4, -0.2) is 35.4 Å². The van der Waals surface area contributed by atoms with Crippen molar-refractivity contribution in [1.82, 2.24) is 4.90 Å². The van der Waals surface area contributed by atoms with Crippen LogP contribution in [0.4, 0.5) is 5.69 Å². The van der Waals surface area contributed by atoms with Crippen molar-refractivity contribution in [3.8, 4) is 0 Å². The van der Waals surface area contributed by atoms with E-state index in [-0.39, 0.29) is 22.7 Å². The van der Waals surface area contributed by atoms with Gasteiger partial charge in [0.2, 0.25) is 0 Å². The monoisotopic (exact) mass is 344 g/mol. The minimum absolute atomic E-state index is 0.0806. The molecule has 0 aliphatic carbocycles. The molecule has 1 aromatic rings. The lowest BCUT2D eigenvalue weighted by Crippen LogP contribution is -2.26. The Morgan fingerprint density at radius 2 is 2.12 bits per heavy atom. The minimum Gasteiger partial charge on any atom is -0.465 e. The highest BCUT2D eigenvalue weighted by molar-refractivity contribution is 6.16. The molecule has 25 heavy (non-hydrogen) atoms. The first-order chi connectivity index (χ1) is 11.9. The molecule has 2 rings (SSSR count). The third-order valence-electron chi connectivity index (χ3n) is 4.03. The Kier molecular flexibility index (Phi) is 5.69. The summed E-state index contributed by atoms with van der Waals surface area (Å²) in [6.45, 7) is 4.22. The van der Waals surface area contributed by atoms with Gasteiger partial charge in [0.25, 0.3) is 11.6 Å². The molecule has 0 saturated carbocycles. The van der Waals surface area contributed by atoms with Crippen LogP contribution in [0.5, 0.6) is 0 Å². The molecule has 7 heteroatoms. The molecule has 1 aliphatic heterocycles. The van der Waals surface area contributed by atoms with Gasteiger partial charge in [-0.1, -0.05) is 25.5 Å². The summed E-state index contributed by atoms with van der Waals surface area (Å²) in [4.78, 5) is 36.9. The first-order valence-corrected chi connectivity index (χ1v) is 7.98. The molecular formula is C18H20N2O5. The van der Waals surface area contributed by atoms with Gasteiger partial charge in [-0.3, -0.25) is 14.9 Å². The molecule has 7 nitrogen and oxygen atoms in total. The Hall–Kier alpha value is -2.96. The lowest BCUT2D eigenvalue weighted by Gasteiger charge is -2.17. The Bertz CT molecular complexity index is 779. The van der Waals surface area contributed by atoms with Crippen LogP contribution in [0, 0.1) is 10.1 Å². The van der Waals surface area contributed by atoms with Gasteiger partial charge in [-0.2, -0.15) is 0 Å². The van der Waals surface area contributed by atoms with Gasteiger partial charge < -0.3 is 9.64 Å². The molecule has 0 radical (unpaired) electrons. The molecule has 0 spiro atoms. The number of unbranched alkanes of at least 4 members (excludes halogenated alkanes) is 1. The van der Waals surface area contributed by atoms with E-state index in [1.807, 2.05) is 6.92 Å². The molecule has 1 aliphatic rings. The number of ether oxygens (including phenoxy) is 1. The predicted molar refractivity (Wildman–Crippen MR) is 92.4 cm³/mol. The van der Waals surface area contributed by atoms with Crippen molar-refractivity contribution in [3.05, 3.63) is 56.8 Å². The molecule has 1 amide bonds. The Morgan fingerprint density at radius 3 is 2.72 bits per heavy atom. The maximum atomic E-state index is 12.8. The van der Waals surface area contributed by atoms with Gasteiger partial charge in [0.15, 0.2) is 0 Å². The minimum atomic E-state index is -0.596. The second kappa shape index (κ2) is 7.74. The molecule has 1 heterocycles. The lowest BCUT2D eigenvalue weighted by molar-refractivity contribution is -0.384. The van der Waals surface area contributed by atoms with Crippen molar-refractivity contribution in [2.75, 3.05) is 13.7 Å². The summed E-state index contributed by atoms with van der Waals surface area (Å²) in [5, 5.41) is 10.9. The summed E-state index contributed by atoms with van der Waals surface area (Å²) in [5.74, 6) is -0.889. The number of amides is 1. The van der Waals surface area contributed by atoms with E-state index in [9.17, 15) is 19.7 Å². The van der Waals surface area contributed by atoms with Crippen LogP contribution in [0.15, 0.2) is 41.1 Å². The van der Waals surface area contributed by atoms with Crippen LogP contribution >= 0.6 is 0 Å². The molecule has 0 saturated heterocycles. The molecule has 0 aromatic heterocycles. The van der Waals surface area contributed by atoms with E-state index in [1.165, 1.54) is 31.4 Å². The summed E-state index contributed by atoms with van der Waals surface area (Å²) in [6, 6.07) is 5.91. The number of rotatable bonds is 6. The molecule has 0 fully saturated rings. The van der Waals surface area contributed by atoms with Gasteiger partial charge in [-0.15, -0.1) is 0 Å². The molecule has 0 unspecified atom stereocenters. The van der Waals surface area contributed by atoms with Crippen molar-refractivity contribution in [2.45, 2.75) is 26.7 Å². The van der Waals surface area contributed by atoms with Crippen LogP contribution in [0.25, 0.3) is 6.08 Å². The number of hydrogen-bond acceptors (Lipinski definition) is 5. The van der Waals surface area contributed by atoms with Crippen molar-refractivity contribution in [2.24, 2.45) is 0 Å². The fourth-order valence-electron chi connectivity index (χ4n) is 2.71. The number of nitro groups is 1. The molecule has 0 atom stereocenters. The number of esters is 1. The standard InChI is InChI=1S/C18H20N2O5/c1-4-5-9-19-12(2)16(18(22)25-3)15(17(19)21)11-13-7-6-8-14(10-13)20(23)24/h6-8,10-11H,4-5,9H2,1-3H3/b15-11-. The fraction of sp³-hybridized carbons (Fsp3) is 0.333. The molecule has 0 N–H and O–H groups in total. The largest absolute Gasteiger partial charge is 0.465 e. The van der Waals surface area contributed by atoms with Crippen LogP contribution in [0.2, 0.25) is 0 Å². The topological polar surface area (TPSA) is 89.8 Å². The van der Waals surface area contributed by atoms with Crippen LogP contribution in [0.1, 0.15) is 32.3 Å². The number of nitrogens with zero attached hydrogens (tertiary/aromatic N) is 2. The van der Waals surface area contributed by atoms with E-state index in [1.54, 1.807) is 17.9 Å². The summed E-state index contributed by atoms with van der Waals surface area (Å²) in [5.41, 5.74) is 1.34. The summed E-state index contributed by atoms with van der Waals surface area (Å²) in [7, 11) is 1.26. The second-order valence-corrected chi connectivity index (χ2v) is 5.67. The zero-order chi connectivity index (χ0) is 18.6. The quantitative estimate of drug-likeness (QED) is 0.342. The molecule has 132 valence electrons. The fourth-order valence-corrected chi connectivity index (χ4v) is 2.71. The summed E-state index contributed by atoms with van der Waals surface area (Å²) >= 11 is 0. The number of carbonyl (C=O) groups excluding carboxylic acids is 2. The normalized spacial score (nSPS) is 15.9. The van der Waals surface area contributed by atoms with Gasteiger partial charge in [0.05, 0.1) is 23.2 Å². The van der Waals surface area contributed by atoms with Crippen molar-refractivity contribution < 1.29 is 19.2 Å². The Labute approximate surface area is 145 Å². The zero-order valence-electron chi connectivity index (χ0n) is 14.4. The third kappa shape index (κ3) is 3.76. The first-order valence-electron chi connectivity index (χ1n) is 7.98. The van der Waals surface area contributed by atoms with E-state index in [2.05, 4.69) is 0 Å². The maximum Gasteiger partial charge on any atom is 0.340 e. The second-order valence-electron chi connectivity index (χ2n) is 5.67. The van der Waals surface area contributed by atoms with E-state index in [0.29, 0.717) is 17.8 Å². The molecule has 0 bridgehead atoms. The number of methoxy groups -OCH3 is 1. The number of carbonyl (C=O) groups is 2. The molecule has 1 aromatic carbocycles. The van der Waals surface area contributed by atoms with Crippen LogP contribution in [-0.2, 0) is 14.3 Å². The van der Waals surface area contributed by atoms with Crippen LogP contribution in [0.3, 0.4) is 0 Å². The van der Waals surface area contributed by atoms with Gasteiger partial charge in [-0.25, -0.2) is 4.79 Å². The van der Waals surface area contributed by atoms with Gasteiger partial charge in [0.1, 0.15) is 0 Å². The molecular weight excluding hydrogens is 324 g/mol. The number of nitro benzene ring substituents is 1. The first kappa shape index (κ1) is 18.4. The lowest BCUT2D eigenvalue weighted by atomic mass is 10.0. The highest BCUT2D eigenvalue weighted by Gasteiger charge is 2.36. The van der Waals surface area contributed by atoms with Crippen molar-refractivity contribution in [1.29, 1.82) is 0 Å². The van der Waals surface area contributed by atoms with E-state index < -0.39 is 10.9 Å². The van der Waals surface area contributed by atoms with Gasteiger partial charge in [-0.05, 0) is 25.0 Å². The number of benzene rings is 1. The third-order valence-corrected chi connectivity index (χ3v) is 4.03. The predicted octanol–water partition coefficient (Wildman–Crippen LogP) is 3.07. The highest BCUT2D eigenvalue weighted by atomic mass is 16.6. The zero-order valence-corrected chi connectivity index (χ0v) is 14.4. The van der Waals surface area contributed by atoms with Crippen molar-refractivity contribution >= 4 is 23.6 Å². The number of hydrogen-bond donors (Lipinski definition) is 0. The average Bonchev–Trinajstić information content (AvgIpc) is 2.83. The summed E-state index contributed by atoms with van der Waals surface area (Å²) in [6.07, 6.45) is 3.22. The highest BCUT2D eigenvalue weighted by Crippen LogP contribution is 2.32. The van der Waals surface area contributed by atoms with Crippen LogP contribution < -0.4 is 0 Å². The number of non-ortho nitro benzene ring substituents is 1. The van der Waals surface area contributed by atoms with E-state index in [4.69, 9.17) is 4.74 Å². The Morgan fingerprint density at radius 1 is 1.40 bits per heavy atom. The smallest absolute Gasteiger partial charge is 0.340 e.